The summed E-state index contributed by atoms with van der Waals surface area (Å²) in [6, 6.07) is 1.85. The topological polar surface area (TPSA) is 109 Å². The van der Waals surface area contributed by atoms with E-state index in [4.69, 9.17) is 5.11 Å². The molecule has 0 saturated heterocycles. The van der Waals surface area contributed by atoms with E-state index in [9.17, 15) is 9.59 Å². The van der Waals surface area contributed by atoms with Crippen molar-refractivity contribution in [2.24, 2.45) is 0 Å². The highest BCUT2D eigenvalue weighted by Crippen LogP contribution is 2.32. The Morgan fingerprint density at radius 3 is 2.65 bits per heavy atom. The number of nitrogens with zero attached hydrogens (tertiary/aromatic N) is 4. The molecular formula is C15H19N5O3. The second-order valence-electron chi connectivity index (χ2n) is 6.20. The Morgan fingerprint density at radius 2 is 2.00 bits per heavy atom. The zero-order valence-corrected chi connectivity index (χ0v) is 13.2. The van der Waals surface area contributed by atoms with Gasteiger partial charge in [-0.3, -0.25) is 9.59 Å². The molecule has 0 aliphatic heterocycles. The van der Waals surface area contributed by atoms with Gasteiger partial charge in [0, 0.05) is 11.4 Å². The average Bonchev–Trinajstić information content (AvgIpc) is 3.05. The molecule has 0 atom stereocenters. The normalized spacial score (nSPS) is 16.6. The van der Waals surface area contributed by atoms with E-state index in [2.05, 4.69) is 20.4 Å². The Bertz CT molecular complexity index is 777. The van der Waals surface area contributed by atoms with Gasteiger partial charge in [0.05, 0.1) is 12.0 Å². The largest absolute Gasteiger partial charge is 0.481 e. The highest BCUT2D eigenvalue weighted by molar-refractivity contribution is 5.91. The molecule has 1 aliphatic rings. The maximum Gasteiger partial charge on any atom is 0.305 e. The van der Waals surface area contributed by atoms with Crippen molar-refractivity contribution in [2.45, 2.75) is 51.5 Å². The lowest BCUT2D eigenvalue weighted by molar-refractivity contribution is -0.138. The summed E-state index contributed by atoms with van der Waals surface area (Å²) >= 11 is 0. The first-order valence-electron chi connectivity index (χ1n) is 7.64. The van der Waals surface area contributed by atoms with Crippen molar-refractivity contribution in [1.82, 2.24) is 24.9 Å². The zero-order valence-electron chi connectivity index (χ0n) is 13.2. The van der Waals surface area contributed by atoms with E-state index in [0.717, 1.165) is 24.2 Å². The van der Waals surface area contributed by atoms with Crippen molar-refractivity contribution in [3.8, 4) is 0 Å². The Hall–Kier alpha value is -2.51. The van der Waals surface area contributed by atoms with Crippen LogP contribution in [0.25, 0.3) is 5.78 Å². The summed E-state index contributed by atoms with van der Waals surface area (Å²) in [6.45, 7) is 3.71. The summed E-state index contributed by atoms with van der Waals surface area (Å²) in [6.07, 6.45) is 3.06. The first-order valence-corrected chi connectivity index (χ1v) is 7.64. The lowest BCUT2D eigenvalue weighted by atomic mass is 9.93. The van der Waals surface area contributed by atoms with Crippen molar-refractivity contribution in [3.05, 3.63) is 23.3 Å². The van der Waals surface area contributed by atoms with Crippen LogP contribution in [-0.4, -0.2) is 42.1 Å². The number of carbonyl (C=O) groups is 2. The van der Waals surface area contributed by atoms with Gasteiger partial charge in [0.15, 0.2) is 0 Å². The molecule has 122 valence electrons. The van der Waals surface area contributed by atoms with Crippen LogP contribution in [0.15, 0.2) is 6.07 Å². The molecule has 0 bridgehead atoms. The van der Waals surface area contributed by atoms with E-state index in [1.807, 2.05) is 19.9 Å². The van der Waals surface area contributed by atoms with Crippen LogP contribution in [0.4, 0.5) is 0 Å². The van der Waals surface area contributed by atoms with Crippen LogP contribution >= 0.6 is 0 Å². The maximum atomic E-state index is 12.5. The fraction of sp³-hybridized carbons (Fsp3) is 0.533. The molecule has 2 heterocycles. The van der Waals surface area contributed by atoms with Gasteiger partial charge >= 0.3 is 5.97 Å². The standard InChI is InChI=1S/C15H19N5O3/c1-9-7-10(2)20-14(16-9)17-12(19-20)13(23)18-15(8-11(21)22)5-3-4-6-15/h7H,3-6,8H2,1-2H3,(H,18,23)(H,21,22). The Labute approximate surface area is 132 Å². The van der Waals surface area contributed by atoms with E-state index < -0.39 is 17.4 Å². The van der Waals surface area contributed by atoms with Gasteiger partial charge in [-0.05, 0) is 32.8 Å². The van der Waals surface area contributed by atoms with Crippen LogP contribution in [0.2, 0.25) is 0 Å². The molecule has 23 heavy (non-hydrogen) atoms. The van der Waals surface area contributed by atoms with E-state index in [-0.39, 0.29) is 12.2 Å². The van der Waals surface area contributed by atoms with Crippen molar-refractivity contribution in [3.63, 3.8) is 0 Å². The number of fused-ring (bicyclic) bond motifs is 1. The van der Waals surface area contributed by atoms with Gasteiger partial charge in [0.2, 0.25) is 5.82 Å². The van der Waals surface area contributed by atoms with Crippen LogP contribution in [0, 0.1) is 13.8 Å². The third kappa shape index (κ3) is 3.01. The minimum Gasteiger partial charge on any atom is -0.481 e. The highest BCUT2D eigenvalue weighted by atomic mass is 16.4. The number of hydrogen-bond acceptors (Lipinski definition) is 5. The van der Waals surface area contributed by atoms with Crippen LogP contribution in [0.1, 0.15) is 54.1 Å². The fourth-order valence-corrected chi connectivity index (χ4v) is 3.25. The SMILES string of the molecule is Cc1cc(C)n2nc(C(=O)NC3(CC(=O)O)CCCC3)nc2n1. The lowest BCUT2D eigenvalue weighted by Crippen LogP contribution is -2.48. The summed E-state index contributed by atoms with van der Waals surface area (Å²) in [4.78, 5) is 32.0. The molecule has 2 N–H and O–H groups in total. The van der Waals surface area contributed by atoms with Gasteiger partial charge in [0.25, 0.3) is 11.7 Å². The molecule has 1 fully saturated rings. The molecule has 8 nitrogen and oxygen atoms in total. The third-order valence-corrected chi connectivity index (χ3v) is 4.25. The lowest BCUT2D eigenvalue weighted by Gasteiger charge is -2.27. The second kappa shape index (κ2) is 5.60. The monoisotopic (exact) mass is 317 g/mol. The van der Waals surface area contributed by atoms with E-state index in [0.29, 0.717) is 18.6 Å². The molecular weight excluding hydrogens is 298 g/mol. The van der Waals surface area contributed by atoms with Gasteiger partial charge in [0.1, 0.15) is 0 Å². The number of nitrogens with one attached hydrogen (secondary N) is 1. The quantitative estimate of drug-likeness (QED) is 0.878. The van der Waals surface area contributed by atoms with Crippen molar-refractivity contribution in [1.29, 1.82) is 0 Å². The van der Waals surface area contributed by atoms with Crippen LogP contribution in [0.3, 0.4) is 0 Å². The average molecular weight is 317 g/mol. The molecule has 8 heteroatoms. The minimum absolute atomic E-state index is 0.0165. The Balaban J connectivity index is 1.88. The fourth-order valence-electron chi connectivity index (χ4n) is 3.25. The molecule has 2 aromatic heterocycles. The summed E-state index contributed by atoms with van der Waals surface area (Å²) < 4.78 is 1.51. The highest BCUT2D eigenvalue weighted by Gasteiger charge is 2.38. The zero-order chi connectivity index (χ0) is 16.6. The number of aromatic nitrogens is 4. The minimum atomic E-state index is -0.914. The first-order chi connectivity index (χ1) is 10.9. The van der Waals surface area contributed by atoms with Crippen LogP contribution in [0.5, 0.6) is 0 Å². The number of aryl methyl sites for hydroxylation is 2. The summed E-state index contributed by atoms with van der Waals surface area (Å²) in [5.74, 6) is -0.979. The molecule has 0 radical (unpaired) electrons. The van der Waals surface area contributed by atoms with Crippen molar-refractivity contribution in [2.75, 3.05) is 0 Å². The summed E-state index contributed by atoms with van der Waals surface area (Å²) in [5.41, 5.74) is 0.936. The molecule has 0 unspecified atom stereocenters. The van der Waals surface area contributed by atoms with Gasteiger partial charge in [-0.1, -0.05) is 12.8 Å². The molecule has 0 aromatic carbocycles. The van der Waals surface area contributed by atoms with Crippen LogP contribution < -0.4 is 5.32 Å². The third-order valence-electron chi connectivity index (χ3n) is 4.25. The van der Waals surface area contributed by atoms with Crippen molar-refractivity contribution < 1.29 is 14.7 Å². The molecule has 1 amide bonds. The molecule has 1 aliphatic carbocycles. The number of hydrogen-bond donors (Lipinski definition) is 2. The molecule has 0 spiro atoms. The summed E-state index contributed by atoms with van der Waals surface area (Å²) in [7, 11) is 0. The molecule has 2 aromatic rings. The van der Waals surface area contributed by atoms with Gasteiger partial charge in [-0.15, -0.1) is 5.10 Å². The number of carboxylic acid groups (broad SMARTS) is 1. The van der Waals surface area contributed by atoms with E-state index >= 15 is 0 Å². The number of carboxylic acids is 1. The molecule has 3 rings (SSSR count). The maximum absolute atomic E-state index is 12.5. The predicted octanol–water partition coefficient (Wildman–Crippen LogP) is 1.26. The number of aliphatic carboxylic acids is 1. The van der Waals surface area contributed by atoms with Gasteiger partial charge in [-0.25, -0.2) is 9.50 Å². The van der Waals surface area contributed by atoms with Crippen LogP contribution in [-0.2, 0) is 4.79 Å². The number of carbonyl (C=O) groups excluding carboxylic acids is 1. The smallest absolute Gasteiger partial charge is 0.305 e. The number of amides is 1. The first kappa shape index (κ1) is 15.4. The summed E-state index contributed by atoms with van der Waals surface area (Å²) in [5, 5.41) is 16.1. The predicted molar refractivity (Wildman–Crippen MR) is 81.2 cm³/mol. The van der Waals surface area contributed by atoms with Gasteiger partial charge < -0.3 is 10.4 Å². The second-order valence-corrected chi connectivity index (χ2v) is 6.20. The van der Waals surface area contributed by atoms with E-state index in [1.165, 1.54) is 4.52 Å². The Kier molecular flexibility index (Phi) is 3.75. The van der Waals surface area contributed by atoms with E-state index in [1.54, 1.807) is 0 Å². The Morgan fingerprint density at radius 1 is 1.30 bits per heavy atom. The number of rotatable bonds is 4. The van der Waals surface area contributed by atoms with Gasteiger partial charge in [-0.2, -0.15) is 4.98 Å². The molecule has 1 saturated carbocycles. The van der Waals surface area contributed by atoms with Crippen molar-refractivity contribution >= 4 is 17.7 Å².